The van der Waals surface area contributed by atoms with Gasteiger partial charge in [0, 0.05) is 50.1 Å². The minimum atomic E-state index is 0.0556. The normalized spacial score (nSPS) is 15.8. The second kappa shape index (κ2) is 11.3. The minimum Gasteiger partial charge on any atom is -0.492 e. The van der Waals surface area contributed by atoms with Gasteiger partial charge in [0.05, 0.1) is 13.2 Å². The highest BCUT2D eigenvalue weighted by Crippen LogP contribution is 2.26. The van der Waals surface area contributed by atoms with E-state index in [4.69, 9.17) is 9.47 Å². The monoisotopic (exact) mass is 430 g/mol. The van der Waals surface area contributed by atoms with Gasteiger partial charge in [-0.1, -0.05) is 32.0 Å². The standard InChI is InChI=1S/C23H34N4O2S/c1-23(2,21-8-5-15-30-21)18-26-22(24-3)25-17-19-6-4-7-20(16-19)29-14-11-27-9-12-28-13-10-27/h4-8,15-16H,9-14,17-18H2,1-3H3,(H2,24,25,26). The number of rotatable bonds is 9. The van der Waals surface area contributed by atoms with E-state index in [1.165, 1.54) is 10.4 Å². The molecule has 0 atom stereocenters. The molecule has 1 fully saturated rings. The highest BCUT2D eigenvalue weighted by atomic mass is 32.1. The molecule has 2 aromatic rings. The fourth-order valence-electron chi connectivity index (χ4n) is 3.32. The Bertz CT molecular complexity index is 786. The molecule has 0 spiro atoms. The molecular weight excluding hydrogens is 396 g/mol. The molecule has 7 heteroatoms. The number of thiophene rings is 1. The topological polar surface area (TPSA) is 58.1 Å². The van der Waals surface area contributed by atoms with Crippen LogP contribution in [0.15, 0.2) is 46.8 Å². The van der Waals surface area contributed by atoms with Crippen molar-refractivity contribution in [1.29, 1.82) is 0 Å². The van der Waals surface area contributed by atoms with Crippen LogP contribution < -0.4 is 15.4 Å². The maximum absolute atomic E-state index is 5.96. The number of aliphatic imine (C=N–C) groups is 1. The lowest BCUT2D eigenvalue weighted by molar-refractivity contribution is 0.0322. The Balaban J connectivity index is 1.43. The van der Waals surface area contributed by atoms with Gasteiger partial charge in [0.1, 0.15) is 12.4 Å². The highest BCUT2D eigenvalue weighted by Gasteiger charge is 2.21. The van der Waals surface area contributed by atoms with Gasteiger partial charge in [-0.15, -0.1) is 11.3 Å². The summed E-state index contributed by atoms with van der Waals surface area (Å²) in [5, 5.41) is 8.98. The van der Waals surface area contributed by atoms with Crippen LogP contribution in [-0.4, -0.2) is 63.9 Å². The number of ether oxygens (including phenoxy) is 2. The van der Waals surface area contributed by atoms with Gasteiger partial charge in [-0.3, -0.25) is 9.89 Å². The summed E-state index contributed by atoms with van der Waals surface area (Å²) in [7, 11) is 1.80. The van der Waals surface area contributed by atoms with Crippen LogP contribution in [0.1, 0.15) is 24.3 Å². The van der Waals surface area contributed by atoms with E-state index in [-0.39, 0.29) is 5.41 Å². The van der Waals surface area contributed by atoms with E-state index in [9.17, 15) is 0 Å². The van der Waals surface area contributed by atoms with Gasteiger partial charge in [-0.2, -0.15) is 0 Å². The minimum absolute atomic E-state index is 0.0556. The molecule has 0 unspecified atom stereocenters. The van der Waals surface area contributed by atoms with Gasteiger partial charge < -0.3 is 20.1 Å². The molecule has 30 heavy (non-hydrogen) atoms. The number of hydrogen-bond donors (Lipinski definition) is 2. The van der Waals surface area contributed by atoms with Crippen LogP contribution in [0.25, 0.3) is 0 Å². The predicted octanol–water partition coefficient (Wildman–Crippen LogP) is 3.10. The quantitative estimate of drug-likeness (QED) is 0.473. The number of morpholine rings is 1. The third-order valence-electron chi connectivity index (χ3n) is 5.25. The van der Waals surface area contributed by atoms with E-state index in [1.54, 1.807) is 18.4 Å². The van der Waals surface area contributed by atoms with Crippen LogP contribution >= 0.6 is 11.3 Å². The van der Waals surface area contributed by atoms with E-state index in [2.05, 4.69) is 64.0 Å². The molecule has 0 saturated carbocycles. The number of nitrogens with one attached hydrogen (secondary N) is 2. The van der Waals surface area contributed by atoms with E-state index < -0.39 is 0 Å². The first kappa shape index (κ1) is 22.6. The van der Waals surface area contributed by atoms with E-state index >= 15 is 0 Å². The molecule has 2 heterocycles. The summed E-state index contributed by atoms with van der Waals surface area (Å²) >= 11 is 1.79. The molecule has 1 aromatic heterocycles. The lowest BCUT2D eigenvalue weighted by Crippen LogP contribution is -2.42. The zero-order chi connectivity index (χ0) is 21.2. The molecule has 6 nitrogen and oxygen atoms in total. The third kappa shape index (κ3) is 7.00. The number of guanidine groups is 1. The summed E-state index contributed by atoms with van der Waals surface area (Å²) in [4.78, 5) is 8.11. The summed E-state index contributed by atoms with van der Waals surface area (Å²) in [6.45, 7) is 11.2. The van der Waals surface area contributed by atoms with Crippen molar-refractivity contribution in [1.82, 2.24) is 15.5 Å². The lowest BCUT2D eigenvalue weighted by Gasteiger charge is -2.26. The Morgan fingerprint density at radius 1 is 1.20 bits per heavy atom. The van der Waals surface area contributed by atoms with E-state index in [0.29, 0.717) is 13.2 Å². The second-order valence-corrected chi connectivity index (χ2v) is 9.04. The van der Waals surface area contributed by atoms with E-state index in [0.717, 1.165) is 51.1 Å². The summed E-state index contributed by atoms with van der Waals surface area (Å²) in [5.74, 6) is 1.71. The average molecular weight is 431 g/mol. The third-order valence-corrected chi connectivity index (χ3v) is 6.48. The average Bonchev–Trinajstić information content (AvgIpc) is 3.31. The maximum atomic E-state index is 5.96. The van der Waals surface area contributed by atoms with E-state index in [1.807, 2.05) is 12.1 Å². The SMILES string of the molecule is CN=C(NCc1cccc(OCCN2CCOCC2)c1)NCC(C)(C)c1cccs1. The molecule has 0 radical (unpaired) electrons. The van der Waals surface area contributed by atoms with Gasteiger partial charge in [0.2, 0.25) is 0 Å². The van der Waals surface area contributed by atoms with Crippen LogP contribution in [0.3, 0.4) is 0 Å². The molecule has 1 aliphatic rings. The van der Waals surface area contributed by atoms with Crippen molar-refractivity contribution < 1.29 is 9.47 Å². The predicted molar refractivity (Wildman–Crippen MR) is 125 cm³/mol. The zero-order valence-corrected chi connectivity index (χ0v) is 19.1. The molecule has 0 bridgehead atoms. The Kier molecular flexibility index (Phi) is 8.54. The van der Waals surface area contributed by atoms with Gasteiger partial charge in [-0.25, -0.2) is 0 Å². The molecule has 164 valence electrons. The van der Waals surface area contributed by atoms with Gasteiger partial charge in [0.15, 0.2) is 5.96 Å². The Morgan fingerprint density at radius 2 is 2.03 bits per heavy atom. The number of hydrogen-bond acceptors (Lipinski definition) is 5. The summed E-state index contributed by atoms with van der Waals surface area (Å²) in [5.41, 5.74) is 1.22. The smallest absolute Gasteiger partial charge is 0.191 e. The first-order valence-corrected chi connectivity index (χ1v) is 11.5. The van der Waals surface area contributed by atoms with Crippen molar-refractivity contribution in [3.8, 4) is 5.75 Å². The van der Waals surface area contributed by atoms with Crippen LogP contribution in [-0.2, 0) is 16.7 Å². The molecule has 1 aromatic carbocycles. The van der Waals surface area contributed by atoms with Gasteiger partial charge in [-0.05, 0) is 29.1 Å². The summed E-state index contributed by atoms with van der Waals surface area (Å²) in [6.07, 6.45) is 0. The van der Waals surface area contributed by atoms with Crippen LogP contribution in [0.2, 0.25) is 0 Å². The Hall–Kier alpha value is -2.09. The van der Waals surface area contributed by atoms with Crippen molar-refractivity contribution in [2.75, 3.05) is 53.0 Å². The van der Waals surface area contributed by atoms with Crippen molar-refractivity contribution in [3.63, 3.8) is 0 Å². The fraction of sp³-hybridized carbons (Fsp3) is 0.522. The Labute approximate surface area is 184 Å². The van der Waals surface area contributed by atoms with Gasteiger partial charge in [0.25, 0.3) is 0 Å². The fourth-order valence-corrected chi connectivity index (χ4v) is 4.18. The molecule has 0 amide bonds. The van der Waals surface area contributed by atoms with Gasteiger partial charge >= 0.3 is 0 Å². The first-order chi connectivity index (χ1) is 14.6. The maximum Gasteiger partial charge on any atom is 0.191 e. The molecule has 1 aliphatic heterocycles. The highest BCUT2D eigenvalue weighted by molar-refractivity contribution is 7.10. The number of nitrogens with zero attached hydrogens (tertiary/aromatic N) is 2. The van der Waals surface area contributed by atoms with Crippen molar-refractivity contribution in [3.05, 3.63) is 52.2 Å². The van der Waals surface area contributed by atoms with Crippen molar-refractivity contribution >= 4 is 17.3 Å². The Morgan fingerprint density at radius 3 is 2.77 bits per heavy atom. The molecule has 0 aliphatic carbocycles. The molecular formula is C23H34N4O2S. The second-order valence-electron chi connectivity index (χ2n) is 8.09. The molecule has 1 saturated heterocycles. The lowest BCUT2D eigenvalue weighted by atomic mass is 9.91. The largest absolute Gasteiger partial charge is 0.492 e. The van der Waals surface area contributed by atoms with Crippen molar-refractivity contribution in [2.24, 2.45) is 4.99 Å². The zero-order valence-electron chi connectivity index (χ0n) is 18.3. The van der Waals surface area contributed by atoms with Crippen molar-refractivity contribution in [2.45, 2.75) is 25.8 Å². The summed E-state index contributed by atoms with van der Waals surface area (Å²) < 4.78 is 11.3. The molecule has 2 N–H and O–H groups in total. The van der Waals surface area contributed by atoms with Crippen LogP contribution in [0, 0.1) is 0 Å². The number of benzene rings is 1. The molecule has 3 rings (SSSR count). The summed E-state index contributed by atoms with van der Waals surface area (Å²) in [6, 6.07) is 12.5. The van der Waals surface area contributed by atoms with Crippen LogP contribution in [0.5, 0.6) is 5.75 Å². The van der Waals surface area contributed by atoms with Crippen LogP contribution in [0.4, 0.5) is 0 Å². The first-order valence-electron chi connectivity index (χ1n) is 10.6.